The molecule has 1 atom stereocenters. The molecule has 1 aliphatic rings. The molecule has 0 aromatic carbocycles. The molecule has 0 aliphatic carbocycles. The Hall–Kier alpha value is -0.770. The molecule has 0 bridgehead atoms. The number of rotatable bonds is 6. The highest BCUT2D eigenvalue weighted by Crippen LogP contribution is 2.34. The highest BCUT2D eigenvalue weighted by molar-refractivity contribution is 5.75. The van der Waals surface area contributed by atoms with Gasteiger partial charge in [0.2, 0.25) is 0 Å². The fraction of sp³-hybridized carbons (Fsp3) is 0.938. The number of likely N-dealkylation sites (tertiary alicyclic amines) is 1. The summed E-state index contributed by atoms with van der Waals surface area (Å²) in [5, 5.41) is 0. The van der Waals surface area contributed by atoms with E-state index in [1.807, 2.05) is 0 Å². The van der Waals surface area contributed by atoms with E-state index in [1.165, 1.54) is 51.7 Å². The Balaban J connectivity index is 2.15. The number of hydrogen-bond acceptors (Lipinski definition) is 2. The molecule has 4 N–H and O–H groups in total. The van der Waals surface area contributed by atoms with E-state index in [4.69, 9.17) is 11.5 Å². The lowest BCUT2D eigenvalue weighted by Gasteiger charge is -2.29. The topological polar surface area (TPSA) is 67.6 Å². The molecule has 1 rings (SSSR count). The van der Waals surface area contributed by atoms with Crippen LogP contribution < -0.4 is 11.5 Å². The maximum Gasteiger partial charge on any atom is 0.185 e. The summed E-state index contributed by atoms with van der Waals surface area (Å²) < 4.78 is 0. The molecule has 4 heteroatoms. The Morgan fingerprint density at radius 1 is 1.10 bits per heavy atom. The van der Waals surface area contributed by atoms with Gasteiger partial charge in [0.05, 0.1) is 0 Å². The monoisotopic (exact) mass is 282 g/mol. The number of aliphatic imine (C=N–C) groups is 1. The molecule has 118 valence electrons. The molecular formula is C16H34N4. The Labute approximate surface area is 125 Å². The van der Waals surface area contributed by atoms with Crippen LogP contribution >= 0.6 is 0 Å². The summed E-state index contributed by atoms with van der Waals surface area (Å²) in [7, 11) is 0. The van der Waals surface area contributed by atoms with Gasteiger partial charge in [-0.05, 0) is 63.1 Å². The molecule has 0 saturated carbocycles. The van der Waals surface area contributed by atoms with Crippen molar-refractivity contribution in [3.05, 3.63) is 0 Å². The largest absolute Gasteiger partial charge is 0.370 e. The van der Waals surface area contributed by atoms with Crippen LogP contribution in [0.15, 0.2) is 4.99 Å². The second kappa shape index (κ2) is 8.50. The Kier molecular flexibility index (Phi) is 7.35. The molecule has 4 nitrogen and oxygen atoms in total. The zero-order valence-corrected chi connectivity index (χ0v) is 13.7. The second-order valence-electron chi connectivity index (χ2n) is 7.20. The van der Waals surface area contributed by atoms with Gasteiger partial charge >= 0.3 is 0 Å². The zero-order valence-electron chi connectivity index (χ0n) is 13.7. The first-order chi connectivity index (χ1) is 9.39. The number of guanidine groups is 1. The molecule has 1 fully saturated rings. The Bertz CT molecular complexity index is 289. The van der Waals surface area contributed by atoms with Crippen LogP contribution in [-0.2, 0) is 0 Å². The van der Waals surface area contributed by atoms with Gasteiger partial charge < -0.3 is 16.4 Å². The summed E-state index contributed by atoms with van der Waals surface area (Å²) in [5.41, 5.74) is 11.1. The van der Waals surface area contributed by atoms with Crippen LogP contribution in [0, 0.1) is 11.3 Å². The molecule has 0 amide bonds. The fourth-order valence-corrected chi connectivity index (χ4v) is 3.08. The lowest BCUT2D eigenvalue weighted by molar-refractivity contribution is 0.207. The van der Waals surface area contributed by atoms with Crippen LogP contribution in [-0.4, -0.2) is 37.0 Å². The SMILES string of the molecule is CC(C)(C)C1CCCN(CCCCCN=C(N)N)CC1. The first kappa shape index (κ1) is 17.3. The van der Waals surface area contributed by atoms with Crippen LogP contribution in [0.2, 0.25) is 0 Å². The minimum absolute atomic E-state index is 0.214. The standard InChI is InChI=1S/C16H34N4/c1-16(2,3)14-8-7-12-20(13-9-14)11-6-4-5-10-19-15(17)18/h14H,4-13H2,1-3H3,(H4,17,18,19). The average Bonchev–Trinajstić information content (AvgIpc) is 2.58. The average molecular weight is 282 g/mol. The van der Waals surface area contributed by atoms with Crippen molar-refractivity contribution in [2.24, 2.45) is 27.8 Å². The third kappa shape index (κ3) is 7.13. The minimum Gasteiger partial charge on any atom is -0.370 e. The van der Waals surface area contributed by atoms with E-state index in [1.54, 1.807) is 0 Å². The van der Waals surface area contributed by atoms with Gasteiger partial charge in [0.15, 0.2) is 5.96 Å². The van der Waals surface area contributed by atoms with E-state index in [-0.39, 0.29) is 5.96 Å². The van der Waals surface area contributed by atoms with Crippen molar-refractivity contribution in [2.75, 3.05) is 26.2 Å². The van der Waals surface area contributed by atoms with Gasteiger partial charge in [-0.3, -0.25) is 4.99 Å². The predicted octanol–water partition coefficient (Wildman–Crippen LogP) is 2.58. The second-order valence-corrected chi connectivity index (χ2v) is 7.20. The van der Waals surface area contributed by atoms with Crippen molar-refractivity contribution in [1.82, 2.24) is 4.90 Å². The van der Waals surface area contributed by atoms with Crippen molar-refractivity contribution in [3.63, 3.8) is 0 Å². The van der Waals surface area contributed by atoms with Gasteiger partial charge in [0.1, 0.15) is 0 Å². The molecule has 20 heavy (non-hydrogen) atoms. The third-order valence-corrected chi connectivity index (χ3v) is 4.47. The molecule has 1 saturated heterocycles. The first-order valence-electron chi connectivity index (χ1n) is 8.17. The first-order valence-corrected chi connectivity index (χ1v) is 8.17. The lowest BCUT2D eigenvalue weighted by atomic mass is 9.77. The zero-order chi connectivity index (χ0) is 15.0. The number of hydrogen-bond donors (Lipinski definition) is 2. The van der Waals surface area contributed by atoms with Crippen molar-refractivity contribution >= 4 is 5.96 Å². The van der Waals surface area contributed by atoms with Gasteiger partial charge in [0.25, 0.3) is 0 Å². The summed E-state index contributed by atoms with van der Waals surface area (Å²) in [6.07, 6.45) is 7.68. The van der Waals surface area contributed by atoms with Crippen LogP contribution in [0.4, 0.5) is 0 Å². The summed E-state index contributed by atoms with van der Waals surface area (Å²) in [6, 6.07) is 0. The molecule has 1 heterocycles. The van der Waals surface area contributed by atoms with Crippen molar-refractivity contribution in [3.8, 4) is 0 Å². The molecule has 1 aliphatic heterocycles. The van der Waals surface area contributed by atoms with Crippen LogP contribution in [0.1, 0.15) is 59.3 Å². The summed E-state index contributed by atoms with van der Waals surface area (Å²) in [4.78, 5) is 6.66. The predicted molar refractivity (Wildman–Crippen MR) is 87.8 cm³/mol. The summed E-state index contributed by atoms with van der Waals surface area (Å²) in [5.74, 6) is 1.10. The molecule has 0 aromatic rings. The highest BCUT2D eigenvalue weighted by Gasteiger charge is 2.26. The normalized spacial score (nSPS) is 21.4. The smallest absolute Gasteiger partial charge is 0.185 e. The van der Waals surface area contributed by atoms with E-state index in [0.717, 1.165) is 18.9 Å². The Morgan fingerprint density at radius 3 is 2.50 bits per heavy atom. The van der Waals surface area contributed by atoms with Crippen molar-refractivity contribution in [2.45, 2.75) is 59.3 Å². The number of nitrogens with two attached hydrogens (primary N) is 2. The van der Waals surface area contributed by atoms with E-state index in [0.29, 0.717) is 5.41 Å². The Morgan fingerprint density at radius 2 is 1.85 bits per heavy atom. The van der Waals surface area contributed by atoms with E-state index < -0.39 is 0 Å². The highest BCUT2D eigenvalue weighted by atomic mass is 15.1. The van der Waals surface area contributed by atoms with E-state index >= 15 is 0 Å². The maximum atomic E-state index is 5.31. The van der Waals surface area contributed by atoms with Gasteiger partial charge in [-0.25, -0.2) is 0 Å². The summed E-state index contributed by atoms with van der Waals surface area (Å²) >= 11 is 0. The molecule has 0 aromatic heterocycles. The molecule has 1 unspecified atom stereocenters. The van der Waals surface area contributed by atoms with Gasteiger partial charge in [0, 0.05) is 6.54 Å². The van der Waals surface area contributed by atoms with Gasteiger partial charge in [-0.15, -0.1) is 0 Å². The van der Waals surface area contributed by atoms with Crippen LogP contribution in [0.5, 0.6) is 0 Å². The van der Waals surface area contributed by atoms with Crippen molar-refractivity contribution in [1.29, 1.82) is 0 Å². The van der Waals surface area contributed by atoms with Crippen LogP contribution in [0.25, 0.3) is 0 Å². The van der Waals surface area contributed by atoms with Gasteiger partial charge in [-0.1, -0.05) is 27.2 Å². The molecule has 0 radical (unpaired) electrons. The van der Waals surface area contributed by atoms with E-state index in [9.17, 15) is 0 Å². The molecule has 0 spiro atoms. The van der Waals surface area contributed by atoms with Gasteiger partial charge in [-0.2, -0.15) is 0 Å². The quantitative estimate of drug-likeness (QED) is 0.447. The maximum absolute atomic E-state index is 5.31. The number of nitrogens with zero attached hydrogens (tertiary/aromatic N) is 2. The molecular weight excluding hydrogens is 248 g/mol. The number of unbranched alkanes of at least 4 members (excludes halogenated alkanes) is 2. The fourth-order valence-electron chi connectivity index (χ4n) is 3.08. The minimum atomic E-state index is 0.214. The van der Waals surface area contributed by atoms with Crippen molar-refractivity contribution < 1.29 is 0 Å². The lowest BCUT2D eigenvalue weighted by Crippen LogP contribution is -2.27. The summed E-state index contributed by atoms with van der Waals surface area (Å²) in [6.45, 7) is 11.7. The third-order valence-electron chi connectivity index (χ3n) is 4.47. The van der Waals surface area contributed by atoms with E-state index in [2.05, 4.69) is 30.7 Å². The van der Waals surface area contributed by atoms with Crippen LogP contribution in [0.3, 0.4) is 0 Å².